The number of rotatable bonds is 0. The van der Waals surface area contributed by atoms with E-state index in [-0.39, 0.29) is 6.10 Å². The third kappa shape index (κ3) is 2.25. The van der Waals surface area contributed by atoms with E-state index in [2.05, 4.69) is 9.97 Å². The highest BCUT2D eigenvalue weighted by atomic mass is 16.3. The topological polar surface area (TPSA) is 46.0 Å². The van der Waals surface area contributed by atoms with Gasteiger partial charge >= 0.3 is 0 Å². The molecule has 0 spiro atoms. The van der Waals surface area contributed by atoms with Gasteiger partial charge in [-0.25, -0.2) is 0 Å². The Kier molecular flexibility index (Phi) is 3.83. The maximum atomic E-state index is 9.46. The molecule has 1 N–H and O–H groups in total. The summed E-state index contributed by atoms with van der Waals surface area (Å²) in [6.45, 7) is 4.00. The summed E-state index contributed by atoms with van der Waals surface area (Å²) < 4.78 is 0. The quantitative estimate of drug-likeness (QED) is 0.663. The molecule has 0 saturated heterocycles. The number of aryl methyl sites for hydroxylation is 1. The van der Waals surface area contributed by atoms with E-state index in [0.29, 0.717) is 0 Å². The van der Waals surface area contributed by atoms with Crippen LogP contribution in [0.5, 0.6) is 0 Å². The number of hydrogen-bond acceptors (Lipinski definition) is 3. The Hall–Kier alpha value is -0.960. The first-order valence-electron chi connectivity index (χ1n) is 4.86. The lowest BCUT2D eigenvalue weighted by atomic mass is 9.98. The molecule has 1 aliphatic carbocycles. The summed E-state index contributed by atoms with van der Waals surface area (Å²) in [5.74, 6) is 0. The summed E-state index contributed by atoms with van der Waals surface area (Å²) in [4.78, 5) is 8.23. The Morgan fingerprint density at radius 1 is 1.31 bits per heavy atom. The van der Waals surface area contributed by atoms with Crippen LogP contribution >= 0.6 is 0 Å². The molecule has 13 heavy (non-hydrogen) atoms. The third-order valence-corrected chi connectivity index (χ3v) is 2.01. The molecule has 0 aliphatic heterocycles. The second-order valence-corrected chi connectivity index (χ2v) is 2.80. The average Bonchev–Trinajstić information content (AvgIpc) is 2.22. The molecule has 0 radical (unpaired) electrons. The van der Waals surface area contributed by atoms with Gasteiger partial charge in [-0.2, -0.15) is 0 Å². The average molecular weight is 180 g/mol. The van der Waals surface area contributed by atoms with E-state index < -0.39 is 0 Å². The molecule has 0 saturated carbocycles. The van der Waals surface area contributed by atoms with Gasteiger partial charge in [0, 0.05) is 12.4 Å². The summed E-state index contributed by atoms with van der Waals surface area (Å²) in [5, 5.41) is 9.46. The molecule has 3 nitrogen and oxygen atoms in total. The van der Waals surface area contributed by atoms with Crippen LogP contribution in [0, 0.1) is 0 Å². The summed E-state index contributed by atoms with van der Waals surface area (Å²) in [6.07, 6.45) is 5.73. The maximum absolute atomic E-state index is 9.46. The van der Waals surface area contributed by atoms with Crippen molar-refractivity contribution in [2.45, 2.75) is 39.2 Å². The molecule has 1 aromatic heterocycles. The number of hydrogen-bond donors (Lipinski definition) is 1. The van der Waals surface area contributed by atoms with Gasteiger partial charge in [0.1, 0.15) is 0 Å². The van der Waals surface area contributed by atoms with Crippen LogP contribution in [-0.4, -0.2) is 15.1 Å². The highest BCUT2D eigenvalue weighted by Crippen LogP contribution is 2.25. The van der Waals surface area contributed by atoms with Gasteiger partial charge in [0.2, 0.25) is 0 Å². The minimum atomic E-state index is -0.382. The zero-order valence-corrected chi connectivity index (χ0v) is 8.20. The van der Waals surface area contributed by atoms with E-state index in [1.165, 1.54) is 0 Å². The van der Waals surface area contributed by atoms with Gasteiger partial charge in [0.15, 0.2) is 0 Å². The van der Waals surface area contributed by atoms with Gasteiger partial charge in [0.25, 0.3) is 0 Å². The van der Waals surface area contributed by atoms with Crippen LogP contribution in [0.2, 0.25) is 0 Å². The molecule has 1 atom stereocenters. The molecular weight excluding hydrogens is 164 g/mol. The van der Waals surface area contributed by atoms with Crippen molar-refractivity contribution in [2.24, 2.45) is 0 Å². The Bertz CT molecular complexity index is 263. The molecule has 1 aliphatic rings. The van der Waals surface area contributed by atoms with Crippen LogP contribution in [0.3, 0.4) is 0 Å². The van der Waals surface area contributed by atoms with Gasteiger partial charge < -0.3 is 5.11 Å². The van der Waals surface area contributed by atoms with E-state index in [0.717, 1.165) is 30.7 Å². The van der Waals surface area contributed by atoms with Crippen molar-refractivity contribution in [1.82, 2.24) is 9.97 Å². The standard InChI is InChI=1S/C8H10N2O.C2H6/c11-7-3-1-2-6-8(7)10-5-4-9-6;1-2/h4-5,7,11H,1-3H2;1-2H3. The first-order chi connectivity index (χ1) is 6.38. The van der Waals surface area contributed by atoms with Gasteiger partial charge in [-0.3, -0.25) is 9.97 Å². The van der Waals surface area contributed by atoms with Crippen molar-refractivity contribution in [3.8, 4) is 0 Å². The summed E-state index contributed by atoms with van der Waals surface area (Å²) >= 11 is 0. The molecule has 1 aromatic rings. The predicted octanol–water partition coefficient (Wildman–Crippen LogP) is 1.87. The molecule has 1 unspecified atom stereocenters. The SMILES string of the molecule is CC.OC1CCCc2nccnc21. The van der Waals surface area contributed by atoms with Crippen LogP contribution in [0.4, 0.5) is 0 Å². The highest BCUT2D eigenvalue weighted by molar-refractivity contribution is 5.16. The molecule has 0 bridgehead atoms. The smallest absolute Gasteiger partial charge is 0.0978 e. The Labute approximate surface area is 78.9 Å². The molecule has 0 fully saturated rings. The number of aliphatic hydroxyl groups excluding tert-OH is 1. The molecule has 1 heterocycles. The normalized spacial score (nSPS) is 19.8. The van der Waals surface area contributed by atoms with Crippen LogP contribution in [-0.2, 0) is 6.42 Å². The van der Waals surface area contributed by atoms with Gasteiger partial charge in [-0.15, -0.1) is 0 Å². The van der Waals surface area contributed by atoms with E-state index in [9.17, 15) is 5.11 Å². The van der Waals surface area contributed by atoms with Crippen LogP contribution in [0.15, 0.2) is 12.4 Å². The second-order valence-electron chi connectivity index (χ2n) is 2.80. The number of nitrogens with zero attached hydrogens (tertiary/aromatic N) is 2. The Morgan fingerprint density at radius 3 is 2.69 bits per heavy atom. The van der Waals surface area contributed by atoms with E-state index in [1.54, 1.807) is 12.4 Å². The fraction of sp³-hybridized carbons (Fsp3) is 0.600. The summed E-state index contributed by atoms with van der Waals surface area (Å²) in [7, 11) is 0. The molecule has 3 heteroatoms. The first-order valence-corrected chi connectivity index (χ1v) is 4.86. The number of aromatic nitrogens is 2. The lowest BCUT2D eigenvalue weighted by molar-refractivity contribution is 0.150. The molecule has 0 aromatic carbocycles. The largest absolute Gasteiger partial charge is 0.387 e. The Morgan fingerprint density at radius 2 is 2.00 bits per heavy atom. The minimum Gasteiger partial charge on any atom is -0.387 e. The number of aliphatic hydroxyl groups is 1. The van der Waals surface area contributed by atoms with Crippen molar-refractivity contribution >= 4 is 0 Å². The summed E-state index contributed by atoms with van der Waals surface area (Å²) in [6, 6.07) is 0. The van der Waals surface area contributed by atoms with Crippen molar-refractivity contribution in [2.75, 3.05) is 0 Å². The lowest BCUT2D eigenvalue weighted by Crippen LogP contribution is -2.12. The fourth-order valence-corrected chi connectivity index (χ4v) is 1.45. The maximum Gasteiger partial charge on any atom is 0.0978 e. The van der Waals surface area contributed by atoms with Gasteiger partial charge in [-0.1, -0.05) is 13.8 Å². The first kappa shape index (κ1) is 10.1. The van der Waals surface area contributed by atoms with Gasteiger partial charge in [0.05, 0.1) is 17.5 Å². The van der Waals surface area contributed by atoms with E-state index in [1.807, 2.05) is 13.8 Å². The second kappa shape index (κ2) is 4.92. The zero-order chi connectivity index (χ0) is 9.68. The minimum absolute atomic E-state index is 0.382. The van der Waals surface area contributed by atoms with Crippen molar-refractivity contribution in [1.29, 1.82) is 0 Å². The molecule has 0 amide bonds. The third-order valence-electron chi connectivity index (χ3n) is 2.01. The van der Waals surface area contributed by atoms with Crippen molar-refractivity contribution in [3.05, 3.63) is 23.8 Å². The van der Waals surface area contributed by atoms with E-state index >= 15 is 0 Å². The Balaban J connectivity index is 0.000000396. The monoisotopic (exact) mass is 180 g/mol. The molecular formula is C10H16N2O. The molecule has 2 rings (SSSR count). The van der Waals surface area contributed by atoms with Crippen LogP contribution in [0.1, 0.15) is 44.2 Å². The fourth-order valence-electron chi connectivity index (χ4n) is 1.45. The lowest BCUT2D eigenvalue weighted by Gasteiger charge is -2.17. The highest BCUT2D eigenvalue weighted by Gasteiger charge is 2.19. The van der Waals surface area contributed by atoms with Crippen molar-refractivity contribution < 1.29 is 5.11 Å². The van der Waals surface area contributed by atoms with Crippen LogP contribution in [0.25, 0.3) is 0 Å². The summed E-state index contributed by atoms with van der Waals surface area (Å²) in [5.41, 5.74) is 1.74. The van der Waals surface area contributed by atoms with E-state index in [4.69, 9.17) is 0 Å². The van der Waals surface area contributed by atoms with Crippen LogP contribution < -0.4 is 0 Å². The number of fused-ring (bicyclic) bond motifs is 1. The zero-order valence-electron chi connectivity index (χ0n) is 8.20. The predicted molar refractivity (Wildman–Crippen MR) is 51.3 cm³/mol. The molecule has 72 valence electrons. The van der Waals surface area contributed by atoms with Crippen molar-refractivity contribution in [3.63, 3.8) is 0 Å². The van der Waals surface area contributed by atoms with Gasteiger partial charge in [-0.05, 0) is 19.3 Å².